The number of carbonyl (C=O) groups is 1. The molecule has 0 radical (unpaired) electrons. The molecular formula is C16H22O3. The molecule has 0 N–H and O–H groups in total. The van der Waals surface area contributed by atoms with Crippen LogP contribution in [0, 0.1) is 5.92 Å². The lowest BCUT2D eigenvalue weighted by Gasteiger charge is -2.06. The third-order valence-electron chi connectivity index (χ3n) is 2.56. The summed E-state index contributed by atoms with van der Waals surface area (Å²) in [5, 5.41) is 0. The normalized spacial score (nSPS) is 10.9. The Balaban J connectivity index is 2.53. The second kappa shape index (κ2) is 8.35. The number of para-hydroxylation sites is 1. The highest BCUT2D eigenvalue weighted by atomic mass is 16.5. The molecule has 0 spiro atoms. The summed E-state index contributed by atoms with van der Waals surface area (Å²) in [5.41, 5.74) is 0.880. The van der Waals surface area contributed by atoms with Crippen molar-refractivity contribution in [2.45, 2.75) is 27.2 Å². The van der Waals surface area contributed by atoms with Gasteiger partial charge < -0.3 is 9.47 Å². The molecule has 0 aliphatic heterocycles. The van der Waals surface area contributed by atoms with Gasteiger partial charge in [-0.25, -0.2) is 4.79 Å². The Morgan fingerprint density at radius 3 is 2.74 bits per heavy atom. The minimum absolute atomic E-state index is 0.313. The second-order valence-corrected chi connectivity index (χ2v) is 4.65. The Kier molecular flexibility index (Phi) is 6.72. The van der Waals surface area contributed by atoms with Crippen LogP contribution in [0.25, 0.3) is 6.08 Å². The van der Waals surface area contributed by atoms with E-state index in [1.54, 1.807) is 6.08 Å². The van der Waals surface area contributed by atoms with Crippen molar-refractivity contribution >= 4 is 12.0 Å². The number of benzene rings is 1. The number of carbonyl (C=O) groups excluding carboxylic acids is 1. The maximum absolute atomic E-state index is 11.5. The van der Waals surface area contributed by atoms with Crippen LogP contribution in [0.5, 0.6) is 5.75 Å². The molecule has 3 nitrogen and oxygen atoms in total. The Bertz CT molecular complexity index is 422. The molecule has 0 amide bonds. The summed E-state index contributed by atoms with van der Waals surface area (Å²) in [6, 6.07) is 7.60. The Hall–Kier alpha value is -1.77. The van der Waals surface area contributed by atoms with E-state index in [9.17, 15) is 4.79 Å². The predicted octanol–water partition coefficient (Wildman–Crippen LogP) is 3.69. The second-order valence-electron chi connectivity index (χ2n) is 4.65. The van der Waals surface area contributed by atoms with Crippen molar-refractivity contribution in [1.29, 1.82) is 0 Å². The first kappa shape index (κ1) is 15.3. The molecule has 1 aromatic carbocycles. The molecule has 0 unspecified atom stereocenters. The van der Waals surface area contributed by atoms with Gasteiger partial charge in [0.05, 0.1) is 13.2 Å². The Morgan fingerprint density at radius 1 is 1.32 bits per heavy atom. The van der Waals surface area contributed by atoms with Gasteiger partial charge >= 0.3 is 5.97 Å². The topological polar surface area (TPSA) is 35.5 Å². The van der Waals surface area contributed by atoms with Crippen LogP contribution in [-0.4, -0.2) is 19.2 Å². The lowest BCUT2D eigenvalue weighted by molar-refractivity contribution is -0.137. The Morgan fingerprint density at radius 2 is 2.05 bits per heavy atom. The van der Waals surface area contributed by atoms with E-state index < -0.39 is 0 Å². The monoisotopic (exact) mass is 262 g/mol. The van der Waals surface area contributed by atoms with E-state index in [1.807, 2.05) is 31.2 Å². The Labute approximate surface area is 115 Å². The standard InChI is InChI=1S/C16H22O3/c1-4-18-15-8-6-5-7-14(15)9-10-16(17)19-12-11-13(2)3/h5-10,13H,4,11-12H2,1-3H3/b10-9+. The van der Waals surface area contributed by atoms with Crippen LogP contribution in [0.4, 0.5) is 0 Å². The highest BCUT2D eigenvalue weighted by molar-refractivity contribution is 5.87. The molecule has 0 heterocycles. The third kappa shape index (κ3) is 6.09. The highest BCUT2D eigenvalue weighted by Crippen LogP contribution is 2.19. The summed E-state index contributed by atoms with van der Waals surface area (Å²) in [5.74, 6) is 0.999. The van der Waals surface area contributed by atoms with E-state index in [-0.39, 0.29) is 5.97 Å². The molecule has 0 atom stereocenters. The van der Waals surface area contributed by atoms with Crippen LogP contribution < -0.4 is 4.74 Å². The number of esters is 1. The van der Waals surface area contributed by atoms with E-state index in [0.717, 1.165) is 17.7 Å². The molecule has 0 aromatic heterocycles. The van der Waals surface area contributed by atoms with Crippen molar-refractivity contribution in [3.8, 4) is 5.75 Å². The van der Waals surface area contributed by atoms with Crippen molar-refractivity contribution in [3.63, 3.8) is 0 Å². The van der Waals surface area contributed by atoms with Crippen molar-refractivity contribution < 1.29 is 14.3 Å². The summed E-state index contributed by atoms with van der Waals surface area (Å²) in [4.78, 5) is 11.5. The summed E-state index contributed by atoms with van der Waals surface area (Å²) in [6.07, 6.45) is 4.05. The lowest BCUT2D eigenvalue weighted by Crippen LogP contribution is -2.04. The first-order chi connectivity index (χ1) is 9.13. The van der Waals surface area contributed by atoms with Gasteiger partial charge in [-0.3, -0.25) is 0 Å². The van der Waals surface area contributed by atoms with Gasteiger partial charge in [-0.2, -0.15) is 0 Å². The van der Waals surface area contributed by atoms with E-state index in [1.165, 1.54) is 6.08 Å². The van der Waals surface area contributed by atoms with E-state index >= 15 is 0 Å². The molecule has 0 aliphatic carbocycles. The molecule has 19 heavy (non-hydrogen) atoms. The van der Waals surface area contributed by atoms with Gasteiger partial charge in [0.15, 0.2) is 0 Å². The van der Waals surface area contributed by atoms with Gasteiger partial charge in [0.25, 0.3) is 0 Å². The fourth-order valence-corrected chi connectivity index (χ4v) is 1.51. The summed E-state index contributed by atoms with van der Waals surface area (Å²) >= 11 is 0. The number of hydrogen-bond acceptors (Lipinski definition) is 3. The largest absolute Gasteiger partial charge is 0.493 e. The molecule has 0 aliphatic rings. The maximum Gasteiger partial charge on any atom is 0.330 e. The van der Waals surface area contributed by atoms with E-state index in [4.69, 9.17) is 9.47 Å². The molecule has 0 fully saturated rings. The first-order valence-electron chi connectivity index (χ1n) is 6.70. The third-order valence-corrected chi connectivity index (χ3v) is 2.56. The van der Waals surface area contributed by atoms with Crippen molar-refractivity contribution in [2.75, 3.05) is 13.2 Å². The van der Waals surface area contributed by atoms with Gasteiger partial charge in [-0.15, -0.1) is 0 Å². The average Bonchev–Trinajstić information content (AvgIpc) is 2.37. The fourth-order valence-electron chi connectivity index (χ4n) is 1.51. The van der Waals surface area contributed by atoms with Gasteiger partial charge in [-0.05, 0) is 31.4 Å². The number of ether oxygens (including phenoxy) is 2. The molecule has 104 valence electrons. The van der Waals surface area contributed by atoms with Crippen LogP contribution in [0.3, 0.4) is 0 Å². The molecule has 1 rings (SSSR count). The van der Waals surface area contributed by atoms with Crippen LogP contribution in [0.15, 0.2) is 30.3 Å². The van der Waals surface area contributed by atoms with Gasteiger partial charge in [0, 0.05) is 11.6 Å². The van der Waals surface area contributed by atoms with Gasteiger partial charge in [0.1, 0.15) is 5.75 Å². The predicted molar refractivity (Wildman–Crippen MR) is 77.1 cm³/mol. The van der Waals surface area contributed by atoms with Crippen molar-refractivity contribution in [3.05, 3.63) is 35.9 Å². The summed E-state index contributed by atoms with van der Waals surface area (Å²) < 4.78 is 10.6. The molecular weight excluding hydrogens is 240 g/mol. The summed E-state index contributed by atoms with van der Waals surface area (Å²) in [6.45, 7) is 7.20. The zero-order valence-corrected chi connectivity index (χ0v) is 11.9. The quantitative estimate of drug-likeness (QED) is 0.555. The van der Waals surface area contributed by atoms with Crippen molar-refractivity contribution in [1.82, 2.24) is 0 Å². The van der Waals surface area contributed by atoms with Gasteiger partial charge in [-0.1, -0.05) is 32.0 Å². The van der Waals surface area contributed by atoms with E-state index in [0.29, 0.717) is 19.1 Å². The lowest BCUT2D eigenvalue weighted by atomic mass is 10.1. The number of hydrogen-bond donors (Lipinski definition) is 0. The molecule has 0 bridgehead atoms. The molecule has 0 saturated carbocycles. The molecule has 0 saturated heterocycles. The SMILES string of the molecule is CCOc1ccccc1/C=C/C(=O)OCCC(C)C. The molecule has 1 aromatic rings. The van der Waals surface area contributed by atoms with Crippen LogP contribution in [-0.2, 0) is 9.53 Å². The minimum Gasteiger partial charge on any atom is -0.493 e. The van der Waals surface area contributed by atoms with Crippen molar-refractivity contribution in [2.24, 2.45) is 5.92 Å². The van der Waals surface area contributed by atoms with Crippen LogP contribution in [0.1, 0.15) is 32.8 Å². The highest BCUT2D eigenvalue weighted by Gasteiger charge is 2.01. The summed E-state index contributed by atoms with van der Waals surface area (Å²) in [7, 11) is 0. The number of rotatable bonds is 7. The fraction of sp³-hybridized carbons (Fsp3) is 0.438. The van der Waals surface area contributed by atoms with Crippen LogP contribution >= 0.6 is 0 Å². The van der Waals surface area contributed by atoms with Gasteiger partial charge in [0.2, 0.25) is 0 Å². The zero-order chi connectivity index (χ0) is 14.1. The average molecular weight is 262 g/mol. The first-order valence-corrected chi connectivity index (χ1v) is 6.70. The van der Waals surface area contributed by atoms with E-state index in [2.05, 4.69) is 13.8 Å². The smallest absolute Gasteiger partial charge is 0.330 e. The minimum atomic E-state index is -0.313. The maximum atomic E-state index is 11.5. The van der Waals surface area contributed by atoms with Crippen LogP contribution in [0.2, 0.25) is 0 Å². The molecule has 3 heteroatoms. The zero-order valence-electron chi connectivity index (χ0n) is 11.9.